The summed E-state index contributed by atoms with van der Waals surface area (Å²) in [5.74, 6) is -1.29. The van der Waals surface area contributed by atoms with Crippen molar-refractivity contribution in [2.24, 2.45) is 0 Å². The largest absolute Gasteiger partial charge is 0.414 e. The van der Waals surface area contributed by atoms with Crippen LogP contribution in [0.1, 0.15) is 44.4 Å². The summed E-state index contributed by atoms with van der Waals surface area (Å²) in [7, 11) is 3.84. The molecular formula is C25H27F3N4O2. The van der Waals surface area contributed by atoms with Gasteiger partial charge in [-0.25, -0.2) is 0 Å². The van der Waals surface area contributed by atoms with Gasteiger partial charge >= 0.3 is 6.18 Å². The number of nitrogens with one attached hydrogen (secondary N) is 2. The first-order valence-corrected chi connectivity index (χ1v) is 11.2. The molecule has 0 saturated heterocycles. The van der Waals surface area contributed by atoms with E-state index in [0.717, 1.165) is 16.8 Å². The predicted octanol–water partition coefficient (Wildman–Crippen LogP) is 4.15. The van der Waals surface area contributed by atoms with Crippen molar-refractivity contribution in [2.45, 2.75) is 25.1 Å². The number of alkyl halides is 3. The molecule has 9 heteroatoms. The van der Waals surface area contributed by atoms with Gasteiger partial charge in [0.2, 0.25) is 0 Å². The summed E-state index contributed by atoms with van der Waals surface area (Å²) in [4.78, 5) is 31.9. The minimum atomic E-state index is -4.69. The van der Waals surface area contributed by atoms with Gasteiger partial charge in [0.05, 0.1) is 16.8 Å². The van der Waals surface area contributed by atoms with Gasteiger partial charge in [0.1, 0.15) is 0 Å². The van der Waals surface area contributed by atoms with Crippen molar-refractivity contribution in [1.29, 1.82) is 0 Å². The van der Waals surface area contributed by atoms with Gasteiger partial charge in [-0.2, -0.15) is 13.2 Å². The van der Waals surface area contributed by atoms with Gasteiger partial charge in [0.25, 0.3) is 11.8 Å². The van der Waals surface area contributed by atoms with Crippen LogP contribution in [0, 0.1) is 0 Å². The van der Waals surface area contributed by atoms with E-state index in [2.05, 4.69) is 10.3 Å². The van der Waals surface area contributed by atoms with Crippen molar-refractivity contribution in [2.75, 3.05) is 33.7 Å². The first-order valence-electron chi connectivity index (χ1n) is 11.2. The molecule has 4 rings (SSSR count). The van der Waals surface area contributed by atoms with E-state index in [4.69, 9.17) is 0 Å². The normalized spacial score (nSPS) is 16.1. The predicted molar refractivity (Wildman–Crippen MR) is 124 cm³/mol. The maximum atomic E-state index is 14.3. The fourth-order valence-corrected chi connectivity index (χ4v) is 4.51. The Kier molecular flexibility index (Phi) is 6.65. The average molecular weight is 473 g/mol. The summed E-state index contributed by atoms with van der Waals surface area (Å²) < 4.78 is 42.9. The molecular weight excluding hydrogens is 445 g/mol. The van der Waals surface area contributed by atoms with Crippen LogP contribution in [0.25, 0.3) is 10.9 Å². The van der Waals surface area contributed by atoms with Crippen molar-refractivity contribution in [3.8, 4) is 0 Å². The standard InChI is InChI=1S/C25H27F3N4O2/c1-31(2)14-7-13-29-23(33)18-9-3-4-10-19(18)24(34)32-15-12-17-16-8-5-6-11-20(16)30-21(17)22(32)25(26,27)28/h3-6,8-11,22,30H,7,12-15H2,1-2H3,(H,29,33). The van der Waals surface area contributed by atoms with E-state index in [1.807, 2.05) is 19.0 Å². The molecule has 1 aromatic heterocycles. The molecule has 34 heavy (non-hydrogen) atoms. The number of benzene rings is 2. The first-order chi connectivity index (χ1) is 16.2. The Hall–Kier alpha value is -3.33. The van der Waals surface area contributed by atoms with Crippen LogP contribution in [0.4, 0.5) is 13.2 Å². The summed E-state index contributed by atoms with van der Waals surface area (Å²) in [6.45, 7) is 1.07. The summed E-state index contributed by atoms with van der Waals surface area (Å²) in [6, 6.07) is 10.9. The molecule has 0 spiro atoms. The molecule has 1 unspecified atom stereocenters. The maximum Gasteiger partial charge on any atom is 0.414 e. The Morgan fingerprint density at radius 2 is 1.76 bits per heavy atom. The highest BCUT2D eigenvalue weighted by Gasteiger charge is 2.50. The number of hydrogen-bond donors (Lipinski definition) is 2. The third kappa shape index (κ3) is 4.65. The Labute approximate surface area is 195 Å². The highest BCUT2D eigenvalue weighted by molar-refractivity contribution is 6.07. The minimum absolute atomic E-state index is 0.0149. The van der Waals surface area contributed by atoms with E-state index < -0.39 is 24.0 Å². The maximum absolute atomic E-state index is 14.3. The average Bonchev–Trinajstić information content (AvgIpc) is 3.18. The molecule has 0 saturated carbocycles. The SMILES string of the molecule is CN(C)CCCNC(=O)c1ccccc1C(=O)N1CCc2c([nH]c3ccccc23)C1C(F)(F)F. The molecule has 2 heterocycles. The molecule has 2 aromatic carbocycles. The number of carbonyl (C=O) groups excluding carboxylic acids is 2. The summed E-state index contributed by atoms with van der Waals surface area (Å²) >= 11 is 0. The third-order valence-electron chi connectivity index (χ3n) is 6.08. The molecule has 1 aliphatic rings. The molecule has 1 aliphatic heterocycles. The van der Waals surface area contributed by atoms with Crippen LogP contribution in [0.3, 0.4) is 0 Å². The van der Waals surface area contributed by atoms with Crippen molar-refractivity contribution in [3.05, 3.63) is 70.9 Å². The van der Waals surface area contributed by atoms with E-state index in [0.29, 0.717) is 24.0 Å². The van der Waals surface area contributed by atoms with Gasteiger partial charge in [-0.05, 0) is 57.2 Å². The van der Waals surface area contributed by atoms with Crippen LogP contribution < -0.4 is 5.32 Å². The molecule has 180 valence electrons. The van der Waals surface area contributed by atoms with Gasteiger partial charge in [-0.3, -0.25) is 9.59 Å². The van der Waals surface area contributed by atoms with Crippen LogP contribution >= 0.6 is 0 Å². The summed E-state index contributed by atoms with van der Waals surface area (Å²) in [6.07, 6.45) is -3.69. The number of para-hydroxylation sites is 1. The number of H-pyrrole nitrogens is 1. The van der Waals surface area contributed by atoms with E-state index in [-0.39, 0.29) is 29.8 Å². The highest BCUT2D eigenvalue weighted by atomic mass is 19.4. The number of carbonyl (C=O) groups is 2. The Balaban J connectivity index is 1.64. The fourth-order valence-electron chi connectivity index (χ4n) is 4.51. The van der Waals surface area contributed by atoms with E-state index >= 15 is 0 Å². The lowest BCUT2D eigenvalue weighted by molar-refractivity contribution is -0.182. The number of aromatic amines is 1. The second kappa shape index (κ2) is 9.50. The van der Waals surface area contributed by atoms with Crippen LogP contribution in [0.2, 0.25) is 0 Å². The molecule has 1 atom stereocenters. The van der Waals surface area contributed by atoms with Gasteiger partial charge < -0.3 is 20.1 Å². The van der Waals surface area contributed by atoms with Crippen LogP contribution in [0.5, 0.6) is 0 Å². The van der Waals surface area contributed by atoms with Gasteiger partial charge in [0, 0.05) is 24.0 Å². The topological polar surface area (TPSA) is 68.4 Å². The number of amides is 2. The lowest BCUT2D eigenvalue weighted by Crippen LogP contribution is -2.47. The van der Waals surface area contributed by atoms with Crippen molar-refractivity contribution in [3.63, 3.8) is 0 Å². The molecule has 3 aromatic rings. The Morgan fingerprint density at radius 3 is 2.47 bits per heavy atom. The monoisotopic (exact) mass is 472 g/mol. The lowest BCUT2D eigenvalue weighted by atomic mass is 9.95. The lowest BCUT2D eigenvalue weighted by Gasteiger charge is -2.37. The van der Waals surface area contributed by atoms with E-state index in [9.17, 15) is 22.8 Å². The molecule has 0 radical (unpaired) electrons. The smallest absolute Gasteiger partial charge is 0.356 e. The highest BCUT2D eigenvalue weighted by Crippen LogP contribution is 2.44. The quantitative estimate of drug-likeness (QED) is 0.530. The number of hydrogen-bond acceptors (Lipinski definition) is 3. The minimum Gasteiger partial charge on any atom is -0.356 e. The van der Waals surface area contributed by atoms with Gasteiger partial charge in [0.15, 0.2) is 6.04 Å². The fraction of sp³-hybridized carbons (Fsp3) is 0.360. The Morgan fingerprint density at radius 1 is 1.09 bits per heavy atom. The molecule has 2 N–H and O–H groups in total. The third-order valence-corrected chi connectivity index (χ3v) is 6.08. The zero-order valence-corrected chi connectivity index (χ0v) is 19.1. The molecule has 6 nitrogen and oxygen atoms in total. The van der Waals surface area contributed by atoms with E-state index in [1.165, 1.54) is 12.1 Å². The van der Waals surface area contributed by atoms with Crippen molar-refractivity contribution >= 4 is 22.7 Å². The number of aromatic nitrogens is 1. The van der Waals surface area contributed by atoms with Gasteiger partial charge in [-0.15, -0.1) is 0 Å². The zero-order valence-electron chi connectivity index (χ0n) is 19.1. The second-order valence-corrected chi connectivity index (χ2v) is 8.71. The number of halogens is 3. The summed E-state index contributed by atoms with van der Waals surface area (Å²) in [5.41, 5.74) is 1.20. The summed E-state index contributed by atoms with van der Waals surface area (Å²) in [5, 5.41) is 3.50. The molecule has 0 bridgehead atoms. The van der Waals surface area contributed by atoms with Crippen molar-refractivity contribution < 1.29 is 22.8 Å². The second-order valence-electron chi connectivity index (χ2n) is 8.71. The van der Waals surface area contributed by atoms with Crippen LogP contribution in [-0.4, -0.2) is 66.5 Å². The van der Waals surface area contributed by atoms with Crippen LogP contribution in [0.15, 0.2) is 48.5 Å². The number of rotatable bonds is 6. The number of nitrogens with zero attached hydrogens (tertiary/aromatic N) is 2. The van der Waals surface area contributed by atoms with Crippen LogP contribution in [-0.2, 0) is 6.42 Å². The molecule has 0 aliphatic carbocycles. The molecule has 0 fully saturated rings. The van der Waals surface area contributed by atoms with E-state index in [1.54, 1.807) is 36.4 Å². The molecule has 2 amide bonds. The first kappa shape index (κ1) is 23.8. The Bertz CT molecular complexity index is 1200. The number of fused-ring (bicyclic) bond motifs is 3. The van der Waals surface area contributed by atoms with Gasteiger partial charge in [-0.1, -0.05) is 30.3 Å². The van der Waals surface area contributed by atoms with Crippen molar-refractivity contribution in [1.82, 2.24) is 20.1 Å². The zero-order chi connectivity index (χ0) is 24.5.